The van der Waals surface area contributed by atoms with E-state index in [1.54, 1.807) is 0 Å². The minimum absolute atomic E-state index is 0.0217. The molecule has 2 heterocycles. The topological polar surface area (TPSA) is 99.4 Å². The Morgan fingerprint density at radius 1 is 1.32 bits per heavy atom. The van der Waals surface area contributed by atoms with Gasteiger partial charge in [-0.1, -0.05) is 23.4 Å². The Bertz CT molecular complexity index is 816. The molecule has 1 aliphatic rings. The number of rotatable bonds is 3. The molecular formula is C15H16N6O. The van der Waals surface area contributed by atoms with Crippen LogP contribution in [0.1, 0.15) is 40.6 Å². The number of aromatic amines is 2. The van der Waals surface area contributed by atoms with E-state index < -0.39 is 0 Å². The molecule has 1 amide bonds. The van der Waals surface area contributed by atoms with Gasteiger partial charge in [0, 0.05) is 28.6 Å². The number of carbonyl (C=O) groups excluding carboxylic acids is 1. The van der Waals surface area contributed by atoms with E-state index in [1.165, 1.54) is 0 Å². The number of nitrogens with zero attached hydrogens (tertiary/aromatic N) is 3. The summed E-state index contributed by atoms with van der Waals surface area (Å²) in [5.41, 5.74) is 2.62. The van der Waals surface area contributed by atoms with Gasteiger partial charge < -0.3 is 10.3 Å². The lowest BCUT2D eigenvalue weighted by molar-refractivity contribution is 0.0908. The minimum Gasteiger partial charge on any atom is -0.358 e. The third-order valence-electron chi connectivity index (χ3n) is 4.32. The largest absolute Gasteiger partial charge is 0.358 e. The molecule has 1 aliphatic carbocycles. The van der Waals surface area contributed by atoms with Gasteiger partial charge in [0.25, 0.3) is 5.91 Å². The number of hydrogen-bond donors (Lipinski definition) is 3. The minimum atomic E-state index is -0.0217. The summed E-state index contributed by atoms with van der Waals surface area (Å²) in [7, 11) is 0. The average Bonchev–Trinajstić information content (AvgIpc) is 3.08. The zero-order chi connectivity index (χ0) is 15.1. The van der Waals surface area contributed by atoms with Gasteiger partial charge in [0.05, 0.1) is 5.56 Å². The molecule has 0 saturated heterocycles. The van der Waals surface area contributed by atoms with Crippen molar-refractivity contribution in [2.75, 3.05) is 0 Å². The molecule has 0 atom stereocenters. The Morgan fingerprint density at radius 3 is 2.91 bits per heavy atom. The predicted molar refractivity (Wildman–Crippen MR) is 80.4 cm³/mol. The number of nitrogens with one attached hydrogen (secondary N) is 3. The van der Waals surface area contributed by atoms with Gasteiger partial charge in [-0.25, -0.2) is 0 Å². The highest BCUT2D eigenvalue weighted by Crippen LogP contribution is 2.35. The fraction of sp³-hybridized carbons (Fsp3) is 0.333. The molecule has 0 bridgehead atoms. The molecule has 2 aromatic heterocycles. The van der Waals surface area contributed by atoms with E-state index in [9.17, 15) is 4.79 Å². The van der Waals surface area contributed by atoms with Crippen LogP contribution in [0.15, 0.2) is 24.3 Å². The van der Waals surface area contributed by atoms with Gasteiger partial charge in [0.2, 0.25) is 0 Å². The molecule has 0 aliphatic heterocycles. The Kier molecular flexibility index (Phi) is 2.92. The van der Waals surface area contributed by atoms with Crippen molar-refractivity contribution in [1.82, 2.24) is 30.9 Å². The maximum Gasteiger partial charge on any atom is 0.253 e. The van der Waals surface area contributed by atoms with E-state index in [1.807, 2.05) is 31.2 Å². The smallest absolute Gasteiger partial charge is 0.253 e. The van der Waals surface area contributed by atoms with E-state index in [2.05, 4.69) is 30.9 Å². The van der Waals surface area contributed by atoms with Crippen molar-refractivity contribution in [2.24, 2.45) is 0 Å². The molecule has 0 spiro atoms. The molecule has 7 heteroatoms. The zero-order valence-electron chi connectivity index (χ0n) is 12.1. The maximum atomic E-state index is 12.6. The molecule has 3 aromatic rings. The fourth-order valence-electron chi connectivity index (χ4n) is 3.12. The second-order valence-corrected chi connectivity index (χ2v) is 5.78. The van der Waals surface area contributed by atoms with Crippen molar-refractivity contribution in [3.63, 3.8) is 0 Å². The van der Waals surface area contributed by atoms with Gasteiger partial charge in [-0.3, -0.25) is 4.79 Å². The lowest BCUT2D eigenvalue weighted by Gasteiger charge is -2.33. The number of H-pyrrole nitrogens is 2. The summed E-state index contributed by atoms with van der Waals surface area (Å²) in [5, 5.41) is 18.1. The van der Waals surface area contributed by atoms with Crippen LogP contribution < -0.4 is 5.32 Å². The predicted octanol–water partition coefficient (Wildman–Crippen LogP) is 1.67. The van der Waals surface area contributed by atoms with E-state index in [0.29, 0.717) is 0 Å². The first kappa shape index (κ1) is 13.0. The van der Waals surface area contributed by atoms with Crippen LogP contribution >= 0.6 is 0 Å². The molecule has 7 nitrogen and oxygen atoms in total. The fourth-order valence-corrected chi connectivity index (χ4v) is 3.12. The van der Waals surface area contributed by atoms with Crippen molar-refractivity contribution in [1.29, 1.82) is 0 Å². The first-order chi connectivity index (χ1) is 10.7. The van der Waals surface area contributed by atoms with Gasteiger partial charge in [0.1, 0.15) is 0 Å². The van der Waals surface area contributed by atoms with Crippen molar-refractivity contribution < 1.29 is 4.79 Å². The molecule has 0 radical (unpaired) electrons. The SMILES string of the molecule is Cc1[nH]c2ccccc2c1C(=O)NC1CC(c2nn[nH]n2)C1. The Morgan fingerprint density at radius 2 is 2.14 bits per heavy atom. The number of hydrogen-bond acceptors (Lipinski definition) is 4. The van der Waals surface area contributed by atoms with Crippen LogP contribution in [0.3, 0.4) is 0 Å². The summed E-state index contributed by atoms with van der Waals surface area (Å²) < 4.78 is 0. The molecule has 4 rings (SSSR count). The van der Waals surface area contributed by atoms with Gasteiger partial charge in [-0.15, -0.1) is 10.2 Å². The first-order valence-corrected chi connectivity index (χ1v) is 7.34. The van der Waals surface area contributed by atoms with Crippen molar-refractivity contribution in [3.8, 4) is 0 Å². The number of fused-ring (bicyclic) bond motifs is 1. The number of para-hydroxylation sites is 1. The molecule has 1 fully saturated rings. The molecule has 0 unspecified atom stereocenters. The summed E-state index contributed by atoms with van der Waals surface area (Å²) >= 11 is 0. The normalized spacial score (nSPS) is 20.8. The van der Waals surface area contributed by atoms with Gasteiger partial charge in [-0.2, -0.15) is 5.21 Å². The molecular weight excluding hydrogens is 280 g/mol. The van der Waals surface area contributed by atoms with Gasteiger partial charge >= 0.3 is 0 Å². The number of tetrazole rings is 1. The van der Waals surface area contributed by atoms with Gasteiger partial charge in [-0.05, 0) is 25.8 Å². The van der Waals surface area contributed by atoms with Gasteiger partial charge in [0.15, 0.2) is 5.82 Å². The molecule has 112 valence electrons. The van der Waals surface area contributed by atoms with Crippen LogP contribution in [0.25, 0.3) is 10.9 Å². The third kappa shape index (κ3) is 2.05. The Labute approximate surface area is 126 Å². The second-order valence-electron chi connectivity index (χ2n) is 5.78. The quantitative estimate of drug-likeness (QED) is 0.684. The van der Waals surface area contributed by atoms with Crippen LogP contribution in [0.5, 0.6) is 0 Å². The number of benzene rings is 1. The zero-order valence-corrected chi connectivity index (χ0v) is 12.1. The standard InChI is InChI=1S/C15H16N6O/c1-8-13(11-4-2-3-5-12(11)16-8)15(22)17-10-6-9(7-10)14-18-20-21-19-14/h2-5,9-10,16H,6-7H2,1H3,(H,17,22)(H,18,19,20,21). The third-order valence-corrected chi connectivity index (χ3v) is 4.32. The molecule has 1 saturated carbocycles. The second kappa shape index (κ2) is 4.94. The van der Waals surface area contributed by atoms with E-state index in [4.69, 9.17) is 0 Å². The summed E-state index contributed by atoms with van der Waals surface area (Å²) in [6, 6.07) is 8.03. The average molecular weight is 296 g/mol. The Balaban J connectivity index is 1.48. The van der Waals surface area contributed by atoms with Crippen LogP contribution in [0.4, 0.5) is 0 Å². The van der Waals surface area contributed by atoms with E-state index in [-0.39, 0.29) is 17.9 Å². The van der Waals surface area contributed by atoms with Crippen LogP contribution in [0, 0.1) is 6.92 Å². The first-order valence-electron chi connectivity index (χ1n) is 7.34. The monoisotopic (exact) mass is 296 g/mol. The number of aromatic nitrogens is 5. The molecule has 3 N–H and O–H groups in total. The number of aryl methyl sites for hydroxylation is 1. The number of carbonyl (C=O) groups is 1. The van der Waals surface area contributed by atoms with Crippen LogP contribution in [-0.2, 0) is 0 Å². The van der Waals surface area contributed by atoms with Crippen molar-refractivity contribution >= 4 is 16.8 Å². The van der Waals surface area contributed by atoms with Crippen molar-refractivity contribution in [3.05, 3.63) is 41.3 Å². The van der Waals surface area contributed by atoms with Crippen LogP contribution in [0.2, 0.25) is 0 Å². The summed E-state index contributed by atoms with van der Waals surface area (Å²) in [6.45, 7) is 1.93. The lowest BCUT2D eigenvalue weighted by atomic mass is 9.79. The summed E-state index contributed by atoms with van der Waals surface area (Å²) in [4.78, 5) is 15.8. The Hall–Kier alpha value is -2.70. The highest BCUT2D eigenvalue weighted by atomic mass is 16.1. The molecule has 22 heavy (non-hydrogen) atoms. The van der Waals surface area contributed by atoms with Crippen LogP contribution in [-0.4, -0.2) is 37.6 Å². The summed E-state index contributed by atoms with van der Waals surface area (Å²) in [5.74, 6) is 0.994. The highest BCUT2D eigenvalue weighted by molar-refractivity contribution is 6.08. The van der Waals surface area contributed by atoms with E-state index in [0.717, 1.165) is 40.8 Å². The van der Waals surface area contributed by atoms with Crippen molar-refractivity contribution in [2.45, 2.75) is 31.7 Å². The maximum absolute atomic E-state index is 12.6. The number of amides is 1. The summed E-state index contributed by atoms with van der Waals surface area (Å²) in [6.07, 6.45) is 1.71. The van der Waals surface area contributed by atoms with E-state index >= 15 is 0 Å². The molecule has 1 aromatic carbocycles. The lowest BCUT2D eigenvalue weighted by Crippen LogP contribution is -2.43. The highest BCUT2D eigenvalue weighted by Gasteiger charge is 2.34.